The predicted molar refractivity (Wildman–Crippen MR) is 92.8 cm³/mol. The largest absolute Gasteiger partial charge is 0.345 e. The lowest BCUT2D eigenvalue weighted by Gasteiger charge is -2.24. The molecule has 0 saturated carbocycles. The molecule has 2 rings (SSSR count). The summed E-state index contributed by atoms with van der Waals surface area (Å²) in [7, 11) is 0. The fourth-order valence-corrected chi connectivity index (χ4v) is 1.89. The van der Waals surface area contributed by atoms with Crippen molar-refractivity contribution in [3.05, 3.63) is 38.2 Å². The van der Waals surface area contributed by atoms with Crippen molar-refractivity contribution >= 4 is 41.8 Å². The fourth-order valence-electron chi connectivity index (χ4n) is 1.89. The highest BCUT2D eigenvalue weighted by atomic mass is 35.5. The lowest BCUT2D eigenvalue weighted by atomic mass is 10.1. The number of nitrogens with two attached hydrogens (primary N) is 1. The summed E-state index contributed by atoms with van der Waals surface area (Å²) in [5.74, 6) is -0.420. The summed E-state index contributed by atoms with van der Waals surface area (Å²) in [4.78, 5) is 43.8. The Morgan fingerprint density at radius 1 is 1.30 bits per heavy atom. The smallest absolute Gasteiger partial charge is 0.327 e. The summed E-state index contributed by atoms with van der Waals surface area (Å²) in [5, 5.41) is 2.99. The Balaban J connectivity index is 0.00000242. The quantitative estimate of drug-likeness (QED) is 0.619. The van der Waals surface area contributed by atoms with Crippen LogP contribution in [0, 0.1) is 6.92 Å². The first-order valence-electron chi connectivity index (χ1n) is 6.40. The Morgan fingerprint density at radius 2 is 1.91 bits per heavy atom. The van der Waals surface area contributed by atoms with E-state index >= 15 is 0 Å². The van der Waals surface area contributed by atoms with Crippen molar-refractivity contribution in [2.24, 2.45) is 5.73 Å². The number of aromatic nitrogens is 3. The molecule has 0 unspecified atom stereocenters. The molecule has 128 valence electrons. The summed E-state index contributed by atoms with van der Waals surface area (Å²) in [6, 6.07) is 1.50. The van der Waals surface area contributed by atoms with E-state index in [0.29, 0.717) is 5.56 Å². The molecule has 0 aliphatic carbocycles. The maximum atomic E-state index is 12.2. The lowest BCUT2D eigenvalue weighted by molar-refractivity contribution is 0.0911. The molecule has 1 amide bonds. The van der Waals surface area contributed by atoms with Crippen LogP contribution in [0.3, 0.4) is 0 Å². The van der Waals surface area contributed by atoms with Gasteiger partial charge in [-0.25, -0.2) is 9.78 Å². The van der Waals surface area contributed by atoms with Gasteiger partial charge in [-0.3, -0.25) is 19.6 Å². The first kappa shape index (κ1) is 21.1. The Bertz CT molecular complexity index is 828. The minimum atomic E-state index is -0.667. The molecule has 0 aliphatic heterocycles. The number of rotatable bonds is 3. The van der Waals surface area contributed by atoms with E-state index in [1.54, 1.807) is 20.8 Å². The van der Waals surface area contributed by atoms with Crippen molar-refractivity contribution in [2.75, 3.05) is 6.54 Å². The average molecular weight is 364 g/mol. The van der Waals surface area contributed by atoms with Crippen LogP contribution in [0.15, 0.2) is 15.7 Å². The number of nitrogens with zero attached hydrogens (tertiary/aromatic N) is 1. The van der Waals surface area contributed by atoms with Crippen LogP contribution in [-0.4, -0.2) is 32.9 Å². The minimum Gasteiger partial charge on any atom is -0.345 e. The van der Waals surface area contributed by atoms with E-state index in [1.807, 2.05) is 0 Å². The van der Waals surface area contributed by atoms with E-state index in [1.165, 1.54) is 6.07 Å². The summed E-state index contributed by atoms with van der Waals surface area (Å²) >= 11 is 0. The molecule has 0 saturated heterocycles. The van der Waals surface area contributed by atoms with Gasteiger partial charge in [-0.2, -0.15) is 0 Å². The fraction of sp³-hybridized carbons (Fsp3) is 0.385. The van der Waals surface area contributed by atoms with Crippen LogP contribution >= 0.6 is 24.8 Å². The molecule has 0 aliphatic rings. The zero-order valence-corrected chi connectivity index (χ0v) is 14.5. The van der Waals surface area contributed by atoms with E-state index in [4.69, 9.17) is 5.73 Å². The number of carbonyl (C=O) groups excluding carboxylic acids is 1. The number of pyridine rings is 1. The SMILES string of the molecule is Cc1cc(C(=O)NC(C)(C)CN)nc2[nH]c(=O)[nH]c(=O)c12.Cl.Cl. The maximum absolute atomic E-state index is 12.2. The summed E-state index contributed by atoms with van der Waals surface area (Å²) < 4.78 is 0. The third kappa shape index (κ3) is 4.54. The Kier molecular flexibility index (Phi) is 6.95. The van der Waals surface area contributed by atoms with E-state index < -0.39 is 22.7 Å². The van der Waals surface area contributed by atoms with E-state index in [2.05, 4.69) is 20.3 Å². The third-order valence-electron chi connectivity index (χ3n) is 3.10. The van der Waals surface area contributed by atoms with E-state index in [0.717, 1.165) is 0 Å². The Morgan fingerprint density at radius 3 is 2.48 bits per heavy atom. The summed E-state index contributed by atoms with van der Waals surface area (Å²) in [6.45, 7) is 5.50. The van der Waals surface area contributed by atoms with Crippen LogP contribution in [-0.2, 0) is 0 Å². The molecular weight excluding hydrogens is 345 g/mol. The molecular formula is C13H19Cl2N5O3. The number of aryl methyl sites for hydroxylation is 1. The topological polar surface area (TPSA) is 134 Å². The Hall–Kier alpha value is -1.90. The molecule has 0 spiro atoms. The van der Waals surface area contributed by atoms with Gasteiger partial charge in [-0.05, 0) is 32.4 Å². The number of H-pyrrole nitrogens is 2. The molecule has 10 heteroatoms. The van der Waals surface area contributed by atoms with E-state index in [-0.39, 0.29) is 48.1 Å². The molecule has 0 aromatic carbocycles. The van der Waals surface area contributed by atoms with Gasteiger partial charge in [0.25, 0.3) is 11.5 Å². The maximum Gasteiger partial charge on any atom is 0.327 e. The van der Waals surface area contributed by atoms with E-state index in [9.17, 15) is 14.4 Å². The third-order valence-corrected chi connectivity index (χ3v) is 3.10. The highest BCUT2D eigenvalue weighted by molar-refractivity contribution is 5.95. The van der Waals surface area contributed by atoms with Crippen molar-refractivity contribution < 1.29 is 4.79 Å². The average Bonchev–Trinajstić information content (AvgIpc) is 2.36. The van der Waals surface area contributed by atoms with Crippen molar-refractivity contribution in [3.63, 3.8) is 0 Å². The number of hydrogen-bond acceptors (Lipinski definition) is 5. The molecule has 8 nitrogen and oxygen atoms in total. The number of halogens is 2. The van der Waals surface area contributed by atoms with Crippen molar-refractivity contribution in [1.29, 1.82) is 0 Å². The highest BCUT2D eigenvalue weighted by Crippen LogP contribution is 2.11. The number of amides is 1. The number of nitrogens with one attached hydrogen (secondary N) is 3. The molecule has 23 heavy (non-hydrogen) atoms. The first-order chi connectivity index (χ1) is 9.73. The minimum absolute atomic E-state index is 0. The predicted octanol–water partition coefficient (Wildman–Crippen LogP) is 0.231. The lowest BCUT2D eigenvalue weighted by Crippen LogP contribution is -2.49. The van der Waals surface area contributed by atoms with Crippen molar-refractivity contribution in [1.82, 2.24) is 20.3 Å². The van der Waals surface area contributed by atoms with Crippen LogP contribution in [0.25, 0.3) is 11.0 Å². The van der Waals surface area contributed by atoms with Gasteiger partial charge in [-0.15, -0.1) is 24.8 Å². The van der Waals surface area contributed by atoms with Gasteiger partial charge < -0.3 is 11.1 Å². The van der Waals surface area contributed by atoms with Gasteiger partial charge in [-0.1, -0.05) is 0 Å². The van der Waals surface area contributed by atoms with Gasteiger partial charge >= 0.3 is 5.69 Å². The second-order valence-electron chi connectivity index (χ2n) is 5.50. The zero-order chi connectivity index (χ0) is 15.8. The molecule has 2 heterocycles. The monoisotopic (exact) mass is 363 g/mol. The molecule has 2 aromatic heterocycles. The second kappa shape index (κ2) is 7.58. The van der Waals surface area contributed by atoms with Crippen LogP contribution in [0.4, 0.5) is 0 Å². The molecule has 5 N–H and O–H groups in total. The van der Waals surface area contributed by atoms with Gasteiger partial charge in [0.05, 0.1) is 5.39 Å². The number of carbonyl (C=O) groups is 1. The van der Waals surface area contributed by atoms with Crippen LogP contribution in [0.1, 0.15) is 29.9 Å². The molecule has 0 atom stereocenters. The zero-order valence-electron chi connectivity index (χ0n) is 12.9. The first-order valence-corrected chi connectivity index (χ1v) is 6.40. The number of hydrogen-bond donors (Lipinski definition) is 4. The molecule has 0 radical (unpaired) electrons. The van der Waals surface area contributed by atoms with Gasteiger partial charge in [0.2, 0.25) is 0 Å². The van der Waals surface area contributed by atoms with Crippen molar-refractivity contribution in [2.45, 2.75) is 26.3 Å². The second-order valence-corrected chi connectivity index (χ2v) is 5.50. The molecule has 0 bridgehead atoms. The van der Waals surface area contributed by atoms with Gasteiger partial charge in [0.1, 0.15) is 11.3 Å². The highest BCUT2D eigenvalue weighted by Gasteiger charge is 2.21. The number of aromatic amines is 2. The standard InChI is InChI=1S/C13H17N5O3.2ClH/c1-6-4-7(10(19)18-13(2,3)5-14)15-9-8(6)11(20)17-12(21)16-9;;/h4H,5,14H2,1-3H3,(H,18,19)(H2,15,16,17,20,21);2*1H. The molecule has 0 fully saturated rings. The number of fused-ring (bicyclic) bond motifs is 1. The van der Waals surface area contributed by atoms with Crippen molar-refractivity contribution in [3.8, 4) is 0 Å². The van der Waals surface area contributed by atoms with Gasteiger partial charge in [0, 0.05) is 12.1 Å². The van der Waals surface area contributed by atoms with Crippen LogP contribution < -0.4 is 22.3 Å². The normalized spacial score (nSPS) is 10.6. The summed E-state index contributed by atoms with van der Waals surface area (Å²) in [6.07, 6.45) is 0. The van der Waals surface area contributed by atoms with Gasteiger partial charge in [0.15, 0.2) is 0 Å². The van der Waals surface area contributed by atoms with Crippen LogP contribution in [0.2, 0.25) is 0 Å². The Labute approximate surface area is 144 Å². The summed E-state index contributed by atoms with van der Waals surface area (Å²) in [5.41, 5.74) is 4.53. The molecule has 2 aromatic rings. The van der Waals surface area contributed by atoms with Crippen LogP contribution in [0.5, 0.6) is 0 Å².